The molecule has 0 aromatic heterocycles. The first-order chi connectivity index (χ1) is 10.8. The van der Waals surface area contributed by atoms with E-state index in [4.69, 9.17) is 4.74 Å². The maximum Gasteiger partial charge on any atom is 0.120 e. The second kappa shape index (κ2) is 7.21. The number of rotatable bonds is 5. The van der Waals surface area contributed by atoms with Gasteiger partial charge in [0.2, 0.25) is 0 Å². The standard InChI is InChI=1S/C19H24N2O/c1-22-17-11-7-10-16(14-17)21-19-13-6-5-12-18(19)20-15-8-3-2-4-9-15/h2-4,7-11,14,18-21H,5-6,12-13H2,1H3/t18-,19-/m0/s1. The molecule has 1 fully saturated rings. The summed E-state index contributed by atoms with van der Waals surface area (Å²) in [4.78, 5) is 0. The molecular formula is C19H24N2O. The molecule has 2 aromatic rings. The van der Waals surface area contributed by atoms with Crippen molar-refractivity contribution in [2.75, 3.05) is 17.7 Å². The van der Waals surface area contributed by atoms with Gasteiger partial charge in [0.1, 0.15) is 5.75 Å². The van der Waals surface area contributed by atoms with Crippen LogP contribution in [0.1, 0.15) is 25.7 Å². The number of benzene rings is 2. The fourth-order valence-corrected chi connectivity index (χ4v) is 3.15. The Kier molecular flexibility index (Phi) is 4.84. The first-order valence-corrected chi connectivity index (χ1v) is 8.07. The Morgan fingerprint density at radius 3 is 2.14 bits per heavy atom. The highest BCUT2D eigenvalue weighted by molar-refractivity contribution is 5.50. The molecule has 0 amide bonds. The zero-order valence-electron chi connectivity index (χ0n) is 13.1. The Bertz CT molecular complexity index is 585. The van der Waals surface area contributed by atoms with Crippen molar-refractivity contribution in [3.05, 3.63) is 54.6 Å². The first-order valence-electron chi connectivity index (χ1n) is 8.07. The minimum absolute atomic E-state index is 0.445. The van der Waals surface area contributed by atoms with Crippen LogP contribution in [0.3, 0.4) is 0 Å². The average molecular weight is 296 g/mol. The Morgan fingerprint density at radius 1 is 0.818 bits per heavy atom. The number of methoxy groups -OCH3 is 1. The van der Waals surface area contributed by atoms with Crippen LogP contribution in [0.4, 0.5) is 11.4 Å². The van der Waals surface area contributed by atoms with E-state index in [1.807, 2.05) is 12.1 Å². The molecule has 0 radical (unpaired) electrons. The molecule has 2 atom stereocenters. The zero-order valence-corrected chi connectivity index (χ0v) is 13.1. The van der Waals surface area contributed by atoms with Gasteiger partial charge in [0.25, 0.3) is 0 Å². The second-order valence-corrected chi connectivity index (χ2v) is 5.88. The SMILES string of the molecule is COc1cccc(N[C@H]2CCCC[C@@H]2Nc2ccccc2)c1. The van der Waals surface area contributed by atoms with Crippen LogP contribution in [0.15, 0.2) is 54.6 Å². The third kappa shape index (κ3) is 3.73. The van der Waals surface area contributed by atoms with E-state index >= 15 is 0 Å². The van der Waals surface area contributed by atoms with Crippen molar-refractivity contribution < 1.29 is 4.74 Å². The normalized spacial score (nSPS) is 21.1. The van der Waals surface area contributed by atoms with E-state index in [0.29, 0.717) is 12.1 Å². The van der Waals surface area contributed by atoms with Gasteiger partial charge in [0, 0.05) is 29.5 Å². The van der Waals surface area contributed by atoms with Crippen LogP contribution in [0.5, 0.6) is 5.75 Å². The highest BCUT2D eigenvalue weighted by atomic mass is 16.5. The van der Waals surface area contributed by atoms with Gasteiger partial charge in [-0.1, -0.05) is 37.1 Å². The first kappa shape index (κ1) is 14.8. The number of anilines is 2. The monoisotopic (exact) mass is 296 g/mol. The molecule has 1 saturated carbocycles. The summed E-state index contributed by atoms with van der Waals surface area (Å²) in [5, 5.41) is 7.37. The van der Waals surface area contributed by atoms with Crippen LogP contribution in [0.2, 0.25) is 0 Å². The highest BCUT2D eigenvalue weighted by Gasteiger charge is 2.24. The number of nitrogens with one attached hydrogen (secondary N) is 2. The predicted octanol–water partition coefficient (Wildman–Crippen LogP) is 4.53. The lowest BCUT2D eigenvalue weighted by Crippen LogP contribution is -2.41. The molecule has 3 heteroatoms. The summed E-state index contributed by atoms with van der Waals surface area (Å²) in [6.07, 6.45) is 4.98. The van der Waals surface area contributed by atoms with E-state index in [1.165, 1.54) is 31.4 Å². The second-order valence-electron chi connectivity index (χ2n) is 5.88. The minimum atomic E-state index is 0.445. The Balaban J connectivity index is 1.69. The molecule has 3 rings (SSSR count). The molecule has 2 N–H and O–H groups in total. The number of ether oxygens (including phenoxy) is 1. The van der Waals surface area contributed by atoms with E-state index in [1.54, 1.807) is 7.11 Å². The van der Waals surface area contributed by atoms with Crippen molar-refractivity contribution in [2.45, 2.75) is 37.8 Å². The van der Waals surface area contributed by atoms with Gasteiger partial charge in [-0.25, -0.2) is 0 Å². The Labute approximate surface area is 132 Å². The van der Waals surface area contributed by atoms with Crippen molar-refractivity contribution in [1.82, 2.24) is 0 Å². The van der Waals surface area contributed by atoms with E-state index in [-0.39, 0.29) is 0 Å². The lowest BCUT2D eigenvalue weighted by atomic mass is 9.90. The number of hydrogen-bond acceptors (Lipinski definition) is 3. The molecule has 1 aliphatic rings. The topological polar surface area (TPSA) is 33.3 Å². The summed E-state index contributed by atoms with van der Waals surface area (Å²) < 4.78 is 5.31. The van der Waals surface area contributed by atoms with Crippen LogP contribution < -0.4 is 15.4 Å². The van der Waals surface area contributed by atoms with E-state index in [2.05, 4.69) is 53.1 Å². The summed E-state index contributed by atoms with van der Waals surface area (Å²) in [5.74, 6) is 0.897. The van der Waals surface area contributed by atoms with Crippen molar-refractivity contribution in [2.24, 2.45) is 0 Å². The van der Waals surface area contributed by atoms with Gasteiger partial charge in [-0.3, -0.25) is 0 Å². The minimum Gasteiger partial charge on any atom is -0.497 e. The van der Waals surface area contributed by atoms with Crippen molar-refractivity contribution in [1.29, 1.82) is 0 Å². The van der Waals surface area contributed by atoms with Crippen LogP contribution in [-0.2, 0) is 0 Å². The van der Waals surface area contributed by atoms with Crippen LogP contribution in [0.25, 0.3) is 0 Å². The smallest absolute Gasteiger partial charge is 0.120 e. The van der Waals surface area contributed by atoms with Gasteiger partial charge in [0.05, 0.1) is 7.11 Å². The maximum absolute atomic E-state index is 5.31. The van der Waals surface area contributed by atoms with Crippen molar-refractivity contribution >= 4 is 11.4 Å². The Morgan fingerprint density at radius 2 is 1.45 bits per heavy atom. The molecule has 3 nitrogen and oxygen atoms in total. The summed E-state index contributed by atoms with van der Waals surface area (Å²) >= 11 is 0. The van der Waals surface area contributed by atoms with Gasteiger partial charge in [0.15, 0.2) is 0 Å². The molecule has 22 heavy (non-hydrogen) atoms. The van der Waals surface area contributed by atoms with Gasteiger partial charge in [-0.2, -0.15) is 0 Å². The highest BCUT2D eigenvalue weighted by Crippen LogP contribution is 2.26. The summed E-state index contributed by atoms with van der Waals surface area (Å²) in [7, 11) is 1.71. The molecule has 116 valence electrons. The van der Waals surface area contributed by atoms with Gasteiger partial charge < -0.3 is 15.4 Å². The van der Waals surface area contributed by atoms with Gasteiger partial charge >= 0.3 is 0 Å². The molecular weight excluding hydrogens is 272 g/mol. The van der Waals surface area contributed by atoms with E-state index in [0.717, 1.165) is 11.4 Å². The van der Waals surface area contributed by atoms with Crippen LogP contribution in [-0.4, -0.2) is 19.2 Å². The molecule has 0 bridgehead atoms. The van der Waals surface area contributed by atoms with Gasteiger partial charge in [-0.15, -0.1) is 0 Å². The summed E-state index contributed by atoms with van der Waals surface area (Å²) in [5.41, 5.74) is 2.33. The lowest BCUT2D eigenvalue weighted by molar-refractivity contribution is 0.413. The fourth-order valence-electron chi connectivity index (χ4n) is 3.15. The largest absolute Gasteiger partial charge is 0.497 e. The van der Waals surface area contributed by atoms with Crippen LogP contribution >= 0.6 is 0 Å². The average Bonchev–Trinajstić information content (AvgIpc) is 2.58. The number of para-hydroxylation sites is 1. The molecule has 0 saturated heterocycles. The van der Waals surface area contributed by atoms with Crippen molar-refractivity contribution in [3.8, 4) is 5.75 Å². The molecule has 0 heterocycles. The fraction of sp³-hybridized carbons (Fsp3) is 0.368. The summed E-state index contributed by atoms with van der Waals surface area (Å²) in [6, 6.07) is 19.6. The van der Waals surface area contributed by atoms with E-state index < -0.39 is 0 Å². The molecule has 1 aliphatic carbocycles. The summed E-state index contributed by atoms with van der Waals surface area (Å²) in [6.45, 7) is 0. The quantitative estimate of drug-likeness (QED) is 0.850. The molecule has 2 aromatic carbocycles. The molecule has 0 aliphatic heterocycles. The predicted molar refractivity (Wildman–Crippen MR) is 92.7 cm³/mol. The van der Waals surface area contributed by atoms with Crippen LogP contribution in [0, 0.1) is 0 Å². The van der Waals surface area contributed by atoms with Crippen molar-refractivity contribution in [3.63, 3.8) is 0 Å². The molecule has 0 unspecified atom stereocenters. The van der Waals surface area contributed by atoms with E-state index in [9.17, 15) is 0 Å². The van der Waals surface area contributed by atoms with Gasteiger partial charge in [-0.05, 0) is 37.1 Å². The third-order valence-corrected chi connectivity index (χ3v) is 4.31. The maximum atomic E-state index is 5.31. The Hall–Kier alpha value is -2.16. The lowest BCUT2D eigenvalue weighted by Gasteiger charge is -2.34. The number of hydrogen-bond donors (Lipinski definition) is 2. The third-order valence-electron chi connectivity index (χ3n) is 4.31. The zero-order chi connectivity index (χ0) is 15.2. The molecule has 0 spiro atoms.